The molecule has 2 heterocycles. The second-order valence-electron chi connectivity index (χ2n) is 6.09. The third-order valence-corrected chi connectivity index (χ3v) is 4.27. The molecule has 0 radical (unpaired) electrons. The Morgan fingerprint density at radius 3 is 2.68 bits per heavy atom. The summed E-state index contributed by atoms with van der Waals surface area (Å²) >= 11 is 0. The zero-order chi connectivity index (χ0) is 17.2. The summed E-state index contributed by atoms with van der Waals surface area (Å²) in [5, 5.41) is 9.15. The van der Waals surface area contributed by atoms with Crippen molar-refractivity contribution in [1.82, 2.24) is 19.7 Å². The van der Waals surface area contributed by atoms with Crippen molar-refractivity contribution in [2.45, 2.75) is 13.5 Å². The molecule has 1 N–H and O–H groups in total. The van der Waals surface area contributed by atoms with Gasteiger partial charge in [0, 0.05) is 36.3 Å². The first kappa shape index (κ1) is 15.3. The molecule has 25 heavy (non-hydrogen) atoms. The lowest BCUT2D eigenvalue weighted by Gasteiger charge is -2.10. The minimum Gasteiger partial charge on any atom is -0.365 e. The van der Waals surface area contributed by atoms with Crippen LogP contribution in [-0.4, -0.2) is 19.7 Å². The first-order chi connectivity index (χ1) is 12.2. The topological polar surface area (TPSA) is 55.6 Å². The lowest BCUT2D eigenvalue weighted by Crippen LogP contribution is -2.03. The van der Waals surface area contributed by atoms with Crippen LogP contribution >= 0.6 is 0 Å². The van der Waals surface area contributed by atoms with Gasteiger partial charge in [0.1, 0.15) is 12.1 Å². The maximum absolute atomic E-state index is 4.62. The number of aryl methyl sites for hydroxylation is 2. The van der Waals surface area contributed by atoms with Crippen LogP contribution in [0.3, 0.4) is 0 Å². The molecule has 2 aromatic heterocycles. The van der Waals surface area contributed by atoms with Crippen molar-refractivity contribution in [2.24, 2.45) is 7.05 Å². The lowest BCUT2D eigenvalue weighted by atomic mass is 10.1. The second kappa shape index (κ2) is 6.36. The van der Waals surface area contributed by atoms with Crippen molar-refractivity contribution in [3.05, 3.63) is 72.2 Å². The maximum Gasteiger partial charge on any atom is 0.137 e. The number of rotatable bonds is 4. The Morgan fingerprint density at radius 1 is 1.00 bits per heavy atom. The van der Waals surface area contributed by atoms with Gasteiger partial charge in [-0.15, -0.1) is 0 Å². The van der Waals surface area contributed by atoms with Crippen molar-refractivity contribution in [3.8, 4) is 11.3 Å². The van der Waals surface area contributed by atoms with Gasteiger partial charge in [-0.3, -0.25) is 4.68 Å². The number of anilines is 1. The number of nitrogens with one attached hydrogen (secondary N) is 1. The highest BCUT2D eigenvalue weighted by Crippen LogP contribution is 2.25. The van der Waals surface area contributed by atoms with Crippen LogP contribution in [0, 0.1) is 6.92 Å². The summed E-state index contributed by atoms with van der Waals surface area (Å²) in [5.74, 6) is 0.853. The fraction of sp³-hybridized carbons (Fsp3) is 0.150. The highest BCUT2D eigenvalue weighted by atomic mass is 15.3. The van der Waals surface area contributed by atoms with E-state index in [0.717, 1.165) is 39.1 Å². The van der Waals surface area contributed by atoms with Crippen molar-refractivity contribution < 1.29 is 0 Å². The molecular formula is C20H19N5. The lowest BCUT2D eigenvalue weighted by molar-refractivity contribution is 0.770. The SMILES string of the molecule is Cc1cccc2ncnc(NCc3cn(C)nc3-c3ccccc3)c12. The molecule has 124 valence electrons. The predicted molar refractivity (Wildman–Crippen MR) is 100 cm³/mol. The molecule has 0 saturated carbocycles. The number of benzene rings is 2. The summed E-state index contributed by atoms with van der Waals surface area (Å²) in [7, 11) is 1.94. The van der Waals surface area contributed by atoms with E-state index in [0.29, 0.717) is 6.54 Å². The van der Waals surface area contributed by atoms with E-state index >= 15 is 0 Å². The van der Waals surface area contributed by atoms with Crippen LogP contribution in [0.4, 0.5) is 5.82 Å². The van der Waals surface area contributed by atoms with Crippen molar-refractivity contribution in [2.75, 3.05) is 5.32 Å². The molecule has 0 unspecified atom stereocenters. The van der Waals surface area contributed by atoms with Crippen molar-refractivity contribution in [1.29, 1.82) is 0 Å². The Balaban J connectivity index is 1.67. The summed E-state index contributed by atoms with van der Waals surface area (Å²) < 4.78 is 1.85. The van der Waals surface area contributed by atoms with E-state index in [9.17, 15) is 0 Å². The van der Waals surface area contributed by atoms with E-state index in [-0.39, 0.29) is 0 Å². The molecule has 0 amide bonds. The molecule has 0 atom stereocenters. The Morgan fingerprint density at radius 2 is 1.84 bits per heavy atom. The number of aromatic nitrogens is 4. The van der Waals surface area contributed by atoms with Crippen LogP contribution in [-0.2, 0) is 13.6 Å². The van der Waals surface area contributed by atoms with E-state index < -0.39 is 0 Å². The highest BCUT2D eigenvalue weighted by Gasteiger charge is 2.11. The minimum atomic E-state index is 0.651. The molecule has 5 heteroatoms. The minimum absolute atomic E-state index is 0.651. The monoisotopic (exact) mass is 329 g/mol. The Labute approximate surface area is 146 Å². The third kappa shape index (κ3) is 2.96. The predicted octanol–water partition coefficient (Wildman–Crippen LogP) is 3.95. The number of nitrogens with zero attached hydrogens (tertiary/aromatic N) is 4. The van der Waals surface area contributed by atoms with Crippen LogP contribution in [0.1, 0.15) is 11.1 Å². The fourth-order valence-corrected chi connectivity index (χ4v) is 3.10. The maximum atomic E-state index is 4.62. The average Bonchev–Trinajstić information content (AvgIpc) is 3.01. The van der Waals surface area contributed by atoms with E-state index in [1.54, 1.807) is 6.33 Å². The molecule has 0 aliphatic carbocycles. The summed E-state index contributed by atoms with van der Waals surface area (Å²) in [6.07, 6.45) is 3.65. The van der Waals surface area contributed by atoms with Crippen molar-refractivity contribution >= 4 is 16.7 Å². The summed E-state index contributed by atoms with van der Waals surface area (Å²) in [6.45, 7) is 2.73. The van der Waals surface area contributed by atoms with E-state index in [1.807, 2.05) is 48.3 Å². The molecule has 4 rings (SSSR count). The molecule has 0 bridgehead atoms. The van der Waals surface area contributed by atoms with Gasteiger partial charge in [-0.25, -0.2) is 9.97 Å². The third-order valence-electron chi connectivity index (χ3n) is 4.27. The first-order valence-electron chi connectivity index (χ1n) is 8.24. The zero-order valence-corrected chi connectivity index (χ0v) is 14.3. The van der Waals surface area contributed by atoms with E-state index in [1.165, 1.54) is 0 Å². The van der Waals surface area contributed by atoms with Gasteiger partial charge in [-0.1, -0.05) is 42.5 Å². The first-order valence-corrected chi connectivity index (χ1v) is 8.24. The number of fused-ring (bicyclic) bond motifs is 1. The number of hydrogen-bond acceptors (Lipinski definition) is 4. The molecule has 0 spiro atoms. The smallest absolute Gasteiger partial charge is 0.137 e. The Hall–Kier alpha value is -3.21. The molecule has 5 nitrogen and oxygen atoms in total. The molecule has 0 aliphatic heterocycles. The van der Waals surface area contributed by atoms with Gasteiger partial charge in [0.15, 0.2) is 0 Å². The standard InChI is InChI=1S/C20H19N5/c1-14-7-6-10-17-18(14)20(23-13-22-17)21-11-16-12-25(2)24-19(16)15-8-4-3-5-9-15/h3-10,12-13H,11H2,1-2H3,(H,21,22,23). The largest absolute Gasteiger partial charge is 0.365 e. The molecule has 0 fully saturated rings. The van der Waals surface area contributed by atoms with Gasteiger partial charge in [-0.05, 0) is 18.6 Å². The van der Waals surface area contributed by atoms with Crippen LogP contribution in [0.15, 0.2) is 61.1 Å². The van der Waals surface area contributed by atoms with Crippen LogP contribution in [0.2, 0.25) is 0 Å². The quantitative estimate of drug-likeness (QED) is 0.616. The van der Waals surface area contributed by atoms with Crippen LogP contribution in [0.25, 0.3) is 22.2 Å². The van der Waals surface area contributed by atoms with Crippen LogP contribution in [0.5, 0.6) is 0 Å². The molecular weight excluding hydrogens is 310 g/mol. The summed E-state index contributed by atoms with van der Waals surface area (Å²) in [6, 6.07) is 16.3. The molecule has 0 saturated heterocycles. The van der Waals surface area contributed by atoms with Gasteiger partial charge in [-0.2, -0.15) is 5.10 Å². The van der Waals surface area contributed by atoms with E-state index in [2.05, 4.69) is 45.5 Å². The van der Waals surface area contributed by atoms with Gasteiger partial charge in [0.25, 0.3) is 0 Å². The van der Waals surface area contributed by atoms with Crippen LogP contribution < -0.4 is 5.32 Å². The highest BCUT2D eigenvalue weighted by molar-refractivity contribution is 5.91. The molecule has 2 aromatic carbocycles. The average molecular weight is 329 g/mol. The van der Waals surface area contributed by atoms with Gasteiger partial charge >= 0.3 is 0 Å². The van der Waals surface area contributed by atoms with Gasteiger partial charge in [0.05, 0.1) is 11.2 Å². The van der Waals surface area contributed by atoms with E-state index in [4.69, 9.17) is 0 Å². The normalized spacial score (nSPS) is 11.0. The summed E-state index contributed by atoms with van der Waals surface area (Å²) in [4.78, 5) is 8.80. The van der Waals surface area contributed by atoms with Gasteiger partial charge in [0.2, 0.25) is 0 Å². The van der Waals surface area contributed by atoms with Crippen molar-refractivity contribution in [3.63, 3.8) is 0 Å². The zero-order valence-electron chi connectivity index (χ0n) is 14.3. The Bertz CT molecular complexity index is 1020. The molecule has 0 aliphatic rings. The second-order valence-corrected chi connectivity index (χ2v) is 6.09. The molecule has 4 aromatic rings. The Kier molecular flexibility index (Phi) is 3.90. The summed E-state index contributed by atoms with van der Waals surface area (Å²) in [5.41, 5.74) is 5.35. The van der Waals surface area contributed by atoms with Gasteiger partial charge < -0.3 is 5.32 Å². The number of hydrogen-bond donors (Lipinski definition) is 1. The fourth-order valence-electron chi connectivity index (χ4n) is 3.10.